The van der Waals surface area contributed by atoms with Gasteiger partial charge in [0.2, 0.25) is 0 Å². The van der Waals surface area contributed by atoms with Gasteiger partial charge in [0.25, 0.3) is 5.91 Å². The third-order valence-corrected chi connectivity index (χ3v) is 6.37. The Morgan fingerprint density at radius 3 is 2.70 bits per heavy atom. The molecule has 1 saturated heterocycles. The number of halogens is 3. The average molecular weight is 456 g/mol. The number of dihydropyridines is 1. The van der Waals surface area contributed by atoms with Crippen molar-refractivity contribution in [1.29, 1.82) is 0 Å². The Balaban J connectivity index is 1.37. The van der Waals surface area contributed by atoms with Gasteiger partial charge < -0.3 is 15.5 Å². The SMILES string of the molecule is CC1=CC(C(=O)N2CC3CC(Nc4cnc(C(F)(F)F)cn4)C2C3)=C(c2ccccn2)NC1. The Labute approximate surface area is 188 Å². The fourth-order valence-electron chi connectivity index (χ4n) is 4.91. The summed E-state index contributed by atoms with van der Waals surface area (Å²) in [6.45, 7) is 3.27. The zero-order valence-electron chi connectivity index (χ0n) is 17.9. The number of carbonyl (C=O) groups is 1. The molecule has 172 valence electrons. The molecule has 0 aromatic carbocycles. The van der Waals surface area contributed by atoms with E-state index in [2.05, 4.69) is 25.6 Å². The quantitative estimate of drug-likeness (QED) is 0.735. The predicted octanol–water partition coefficient (Wildman–Crippen LogP) is 3.25. The van der Waals surface area contributed by atoms with Crippen LogP contribution in [-0.4, -0.2) is 50.9 Å². The van der Waals surface area contributed by atoms with Gasteiger partial charge in [0.1, 0.15) is 5.82 Å². The largest absolute Gasteiger partial charge is 0.434 e. The number of rotatable bonds is 4. The maximum Gasteiger partial charge on any atom is 0.434 e. The molecule has 2 fully saturated rings. The van der Waals surface area contributed by atoms with E-state index in [0.717, 1.165) is 30.8 Å². The standard InChI is InChI=1S/C23H23F3N6O/c1-13-6-15(21(30-9-13)16-4-2-3-5-27-16)22(33)32-12-14-7-17(18(32)8-14)31-20-11-28-19(10-29-20)23(24,25)26/h2-6,10-11,14,17-18,30H,7-9,12H2,1H3,(H,29,31). The molecule has 3 unspecified atom stereocenters. The lowest BCUT2D eigenvalue weighted by Gasteiger charge is -2.35. The zero-order chi connectivity index (χ0) is 23.2. The number of hydrogen-bond acceptors (Lipinski definition) is 6. The lowest BCUT2D eigenvalue weighted by molar-refractivity contribution is -0.141. The van der Waals surface area contributed by atoms with Gasteiger partial charge in [-0.25, -0.2) is 9.97 Å². The number of amides is 1. The lowest BCUT2D eigenvalue weighted by Crippen LogP contribution is -2.48. The van der Waals surface area contributed by atoms with Crippen molar-refractivity contribution in [1.82, 2.24) is 25.2 Å². The number of carbonyl (C=O) groups excluding carboxylic acids is 1. The average Bonchev–Trinajstić information content (AvgIpc) is 3.39. The Bertz CT molecular complexity index is 1110. The maximum atomic E-state index is 13.6. The number of fused-ring (bicyclic) bond motifs is 2. The highest BCUT2D eigenvalue weighted by Gasteiger charge is 2.48. The van der Waals surface area contributed by atoms with Gasteiger partial charge in [-0.3, -0.25) is 9.78 Å². The van der Waals surface area contributed by atoms with Crippen LogP contribution in [0.3, 0.4) is 0 Å². The number of pyridine rings is 1. The normalized spacial score (nSPS) is 24.5. The van der Waals surface area contributed by atoms with Crippen LogP contribution in [0, 0.1) is 5.92 Å². The molecule has 2 aliphatic heterocycles. The fourth-order valence-corrected chi connectivity index (χ4v) is 4.91. The molecular weight excluding hydrogens is 433 g/mol. The monoisotopic (exact) mass is 456 g/mol. The second kappa shape index (κ2) is 8.17. The highest BCUT2D eigenvalue weighted by atomic mass is 19.4. The highest BCUT2D eigenvalue weighted by molar-refractivity contribution is 6.04. The number of piperidine rings is 1. The molecule has 4 heterocycles. The number of alkyl halides is 3. The third kappa shape index (κ3) is 4.17. The van der Waals surface area contributed by atoms with Crippen molar-refractivity contribution in [3.05, 3.63) is 65.4 Å². The molecule has 3 aliphatic rings. The van der Waals surface area contributed by atoms with E-state index in [1.54, 1.807) is 6.20 Å². The molecule has 10 heteroatoms. The smallest absolute Gasteiger partial charge is 0.379 e. The first-order valence-electron chi connectivity index (χ1n) is 10.8. The molecule has 1 amide bonds. The molecule has 0 radical (unpaired) electrons. The molecule has 33 heavy (non-hydrogen) atoms. The molecule has 2 N–H and O–H groups in total. The number of anilines is 1. The van der Waals surface area contributed by atoms with Gasteiger partial charge in [0, 0.05) is 25.3 Å². The number of hydrogen-bond donors (Lipinski definition) is 2. The zero-order valence-corrected chi connectivity index (χ0v) is 17.9. The molecular formula is C23H23F3N6O. The van der Waals surface area contributed by atoms with Crippen LogP contribution in [0.1, 0.15) is 31.2 Å². The summed E-state index contributed by atoms with van der Waals surface area (Å²) < 4.78 is 38.3. The van der Waals surface area contributed by atoms with Crippen molar-refractivity contribution < 1.29 is 18.0 Å². The van der Waals surface area contributed by atoms with Crippen LogP contribution >= 0.6 is 0 Å². The Morgan fingerprint density at radius 1 is 1.18 bits per heavy atom. The molecule has 1 saturated carbocycles. The summed E-state index contributed by atoms with van der Waals surface area (Å²) in [6, 6.07) is 5.41. The van der Waals surface area contributed by atoms with Crippen LogP contribution < -0.4 is 10.6 Å². The minimum Gasteiger partial charge on any atom is -0.379 e. The van der Waals surface area contributed by atoms with Crippen molar-refractivity contribution in [2.45, 2.75) is 38.0 Å². The third-order valence-electron chi connectivity index (χ3n) is 6.37. The van der Waals surface area contributed by atoms with Crippen LogP contribution in [-0.2, 0) is 11.0 Å². The first kappa shape index (κ1) is 21.4. The van der Waals surface area contributed by atoms with Gasteiger partial charge in [0.05, 0.1) is 35.4 Å². The van der Waals surface area contributed by atoms with E-state index < -0.39 is 11.9 Å². The van der Waals surface area contributed by atoms with Gasteiger partial charge in [0.15, 0.2) is 5.69 Å². The molecule has 7 nitrogen and oxygen atoms in total. The van der Waals surface area contributed by atoms with Crippen molar-refractivity contribution in [3.8, 4) is 0 Å². The van der Waals surface area contributed by atoms with E-state index in [-0.39, 0.29) is 23.8 Å². The van der Waals surface area contributed by atoms with Crippen molar-refractivity contribution >= 4 is 17.4 Å². The fraction of sp³-hybridized carbons (Fsp3) is 0.391. The number of nitrogens with one attached hydrogen (secondary N) is 2. The predicted molar refractivity (Wildman–Crippen MR) is 116 cm³/mol. The molecule has 1 aliphatic carbocycles. The molecule has 2 bridgehead atoms. The number of aromatic nitrogens is 3. The Kier molecular flexibility index (Phi) is 5.30. The molecule has 2 aromatic heterocycles. The van der Waals surface area contributed by atoms with Gasteiger partial charge in [-0.05, 0) is 43.9 Å². The van der Waals surface area contributed by atoms with E-state index in [1.807, 2.05) is 36.1 Å². The first-order valence-corrected chi connectivity index (χ1v) is 10.8. The van der Waals surface area contributed by atoms with Crippen molar-refractivity contribution in [2.24, 2.45) is 5.92 Å². The Hall–Kier alpha value is -3.43. The summed E-state index contributed by atoms with van der Waals surface area (Å²) in [5.74, 6) is 0.538. The van der Waals surface area contributed by atoms with E-state index in [4.69, 9.17) is 0 Å². The summed E-state index contributed by atoms with van der Waals surface area (Å²) in [7, 11) is 0. The molecule has 0 spiro atoms. The molecule has 2 aromatic rings. The number of likely N-dealkylation sites (tertiary alicyclic amines) is 1. The molecule has 3 atom stereocenters. The van der Waals surface area contributed by atoms with Crippen LogP contribution in [0.2, 0.25) is 0 Å². The highest BCUT2D eigenvalue weighted by Crippen LogP contribution is 2.40. The summed E-state index contributed by atoms with van der Waals surface area (Å²) >= 11 is 0. The number of nitrogens with zero attached hydrogens (tertiary/aromatic N) is 4. The van der Waals surface area contributed by atoms with Crippen molar-refractivity contribution in [2.75, 3.05) is 18.4 Å². The van der Waals surface area contributed by atoms with Crippen LogP contribution in [0.15, 0.2) is 54.0 Å². The lowest BCUT2D eigenvalue weighted by atomic mass is 9.99. The summed E-state index contributed by atoms with van der Waals surface area (Å²) in [4.78, 5) is 27.3. The minimum absolute atomic E-state index is 0.0697. The molecule has 5 rings (SSSR count). The van der Waals surface area contributed by atoms with Crippen LogP contribution in [0.5, 0.6) is 0 Å². The van der Waals surface area contributed by atoms with Gasteiger partial charge >= 0.3 is 6.18 Å². The Morgan fingerprint density at radius 2 is 2.03 bits per heavy atom. The van der Waals surface area contributed by atoms with Gasteiger partial charge in [-0.2, -0.15) is 13.2 Å². The van der Waals surface area contributed by atoms with Gasteiger partial charge in [-0.1, -0.05) is 11.6 Å². The topological polar surface area (TPSA) is 83.0 Å². The van der Waals surface area contributed by atoms with E-state index >= 15 is 0 Å². The second-order valence-electron chi connectivity index (χ2n) is 8.75. The minimum atomic E-state index is -4.53. The summed E-state index contributed by atoms with van der Waals surface area (Å²) in [6.07, 6.45) is 2.58. The van der Waals surface area contributed by atoms with E-state index in [1.165, 1.54) is 0 Å². The van der Waals surface area contributed by atoms with Gasteiger partial charge in [-0.15, -0.1) is 0 Å². The maximum absolute atomic E-state index is 13.6. The summed E-state index contributed by atoms with van der Waals surface area (Å²) in [5.41, 5.74) is 2.03. The summed E-state index contributed by atoms with van der Waals surface area (Å²) in [5, 5.41) is 6.52. The van der Waals surface area contributed by atoms with Crippen LogP contribution in [0.4, 0.5) is 19.0 Å². The van der Waals surface area contributed by atoms with E-state index in [0.29, 0.717) is 36.0 Å². The first-order chi connectivity index (χ1) is 15.8. The second-order valence-corrected chi connectivity index (χ2v) is 8.75. The van der Waals surface area contributed by atoms with Crippen molar-refractivity contribution in [3.63, 3.8) is 0 Å². The van der Waals surface area contributed by atoms with Crippen LogP contribution in [0.25, 0.3) is 5.70 Å². The van der Waals surface area contributed by atoms with E-state index in [9.17, 15) is 18.0 Å².